The Labute approximate surface area is 112 Å². The molecular weight excluding hydrogens is 236 g/mol. The molecule has 19 heavy (non-hydrogen) atoms. The molecule has 3 aromatic rings. The van der Waals surface area contributed by atoms with E-state index in [1.165, 1.54) is 16.5 Å². The van der Waals surface area contributed by atoms with E-state index >= 15 is 0 Å². The highest BCUT2D eigenvalue weighted by Crippen LogP contribution is 2.33. The Bertz CT molecular complexity index is 721. The summed E-state index contributed by atoms with van der Waals surface area (Å²) >= 11 is 0. The molecule has 0 aliphatic carbocycles. The summed E-state index contributed by atoms with van der Waals surface area (Å²) in [6, 6.07) is 8.33. The summed E-state index contributed by atoms with van der Waals surface area (Å²) in [5.74, 6) is 0. The highest BCUT2D eigenvalue weighted by molar-refractivity contribution is 5.97. The van der Waals surface area contributed by atoms with Gasteiger partial charge in [0, 0.05) is 35.4 Å². The van der Waals surface area contributed by atoms with Crippen LogP contribution in [0.3, 0.4) is 0 Å². The number of hydrogen-bond donors (Lipinski definition) is 2. The number of rotatable bonds is 3. The molecule has 0 radical (unpaired) electrons. The van der Waals surface area contributed by atoms with E-state index < -0.39 is 0 Å². The monoisotopic (exact) mass is 254 g/mol. The van der Waals surface area contributed by atoms with Crippen molar-refractivity contribution in [2.45, 2.75) is 13.3 Å². The van der Waals surface area contributed by atoms with E-state index in [1.54, 1.807) is 0 Å². The van der Waals surface area contributed by atoms with Gasteiger partial charge in [-0.25, -0.2) is 0 Å². The first-order valence-electron chi connectivity index (χ1n) is 6.51. The van der Waals surface area contributed by atoms with Crippen molar-refractivity contribution in [1.82, 2.24) is 14.8 Å². The largest absolute Gasteiger partial charge is 0.358 e. The van der Waals surface area contributed by atoms with E-state index in [9.17, 15) is 0 Å². The Morgan fingerprint density at radius 1 is 1.32 bits per heavy atom. The minimum absolute atomic E-state index is 0.639. The average Bonchev–Trinajstić information content (AvgIpc) is 2.89. The third-order valence-corrected chi connectivity index (χ3v) is 3.45. The van der Waals surface area contributed by atoms with Crippen LogP contribution >= 0.6 is 0 Å². The zero-order chi connectivity index (χ0) is 13.4. The molecule has 4 heteroatoms. The third kappa shape index (κ3) is 1.94. The second-order valence-corrected chi connectivity index (χ2v) is 4.89. The van der Waals surface area contributed by atoms with Gasteiger partial charge < -0.3 is 10.7 Å². The molecular formula is C15H18N4. The van der Waals surface area contributed by atoms with Crippen molar-refractivity contribution in [3.8, 4) is 11.3 Å². The van der Waals surface area contributed by atoms with Gasteiger partial charge in [0.05, 0.1) is 5.69 Å². The molecule has 2 aromatic heterocycles. The second-order valence-electron chi connectivity index (χ2n) is 4.89. The zero-order valence-corrected chi connectivity index (χ0v) is 11.3. The van der Waals surface area contributed by atoms with Crippen molar-refractivity contribution in [3.63, 3.8) is 0 Å². The number of H-pyrrole nitrogens is 1. The van der Waals surface area contributed by atoms with Gasteiger partial charge in [-0.15, -0.1) is 0 Å². The molecule has 0 fully saturated rings. The maximum absolute atomic E-state index is 5.70. The van der Waals surface area contributed by atoms with Crippen LogP contribution in [-0.4, -0.2) is 21.3 Å². The van der Waals surface area contributed by atoms with Crippen LogP contribution in [0.2, 0.25) is 0 Å². The zero-order valence-electron chi connectivity index (χ0n) is 11.3. The first-order chi connectivity index (χ1) is 9.20. The molecule has 1 aromatic carbocycles. The minimum atomic E-state index is 0.639. The summed E-state index contributed by atoms with van der Waals surface area (Å²) < 4.78 is 1.86. The van der Waals surface area contributed by atoms with Gasteiger partial charge in [0.2, 0.25) is 0 Å². The van der Waals surface area contributed by atoms with E-state index in [4.69, 9.17) is 5.73 Å². The molecule has 0 aliphatic heterocycles. The van der Waals surface area contributed by atoms with Gasteiger partial charge in [-0.1, -0.05) is 18.2 Å². The van der Waals surface area contributed by atoms with Crippen LogP contribution in [0.5, 0.6) is 0 Å². The van der Waals surface area contributed by atoms with E-state index in [2.05, 4.69) is 41.4 Å². The molecule has 0 saturated heterocycles. The van der Waals surface area contributed by atoms with Crippen LogP contribution in [0.4, 0.5) is 0 Å². The standard InChI is InChI=1S/C15H18N4/c1-10-14(12-5-3-4-6-13(12)17-10)15-11(7-8-16)9-19(2)18-15/h3-6,9,17H,7-8,16H2,1-2H3. The lowest BCUT2D eigenvalue weighted by atomic mass is 10.0. The number of nitrogens with zero attached hydrogens (tertiary/aromatic N) is 2. The lowest BCUT2D eigenvalue weighted by molar-refractivity contribution is 0.769. The topological polar surface area (TPSA) is 59.6 Å². The van der Waals surface area contributed by atoms with Gasteiger partial charge in [0.15, 0.2) is 0 Å². The van der Waals surface area contributed by atoms with Crippen molar-refractivity contribution >= 4 is 10.9 Å². The average molecular weight is 254 g/mol. The van der Waals surface area contributed by atoms with Gasteiger partial charge in [-0.05, 0) is 31.5 Å². The number of aryl methyl sites for hydroxylation is 2. The predicted octanol–water partition coefficient (Wildman–Crippen LogP) is 2.38. The van der Waals surface area contributed by atoms with Gasteiger partial charge in [0.25, 0.3) is 0 Å². The molecule has 0 bridgehead atoms. The smallest absolute Gasteiger partial charge is 0.0979 e. The van der Waals surface area contributed by atoms with Crippen molar-refractivity contribution in [1.29, 1.82) is 0 Å². The van der Waals surface area contributed by atoms with E-state index in [0.29, 0.717) is 6.54 Å². The Kier molecular flexibility index (Phi) is 2.87. The normalized spacial score (nSPS) is 11.3. The van der Waals surface area contributed by atoms with Crippen LogP contribution in [0.25, 0.3) is 22.2 Å². The number of benzene rings is 1. The van der Waals surface area contributed by atoms with Crippen LogP contribution in [0.1, 0.15) is 11.3 Å². The molecule has 0 aliphatic rings. The molecule has 98 valence electrons. The summed E-state index contributed by atoms with van der Waals surface area (Å²) in [5, 5.41) is 5.84. The van der Waals surface area contributed by atoms with Crippen molar-refractivity contribution in [2.24, 2.45) is 12.8 Å². The fraction of sp³-hybridized carbons (Fsp3) is 0.267. The number of fused-ring (bicyclic) bond motifs is 1. The molecule has 0 unspecified atom stereocenters. The highest BCUT2D eigenvalue weighted by atomic mass is 15.3. The Morgan fingerprint density at radius 3 is 2.89 bits per heavy atom. The molecule has 2 heterocycles. The Morgan fingerprint density at radius 2 is 2.11 bits per heavy atom. The fourth-order valence-electron chi connectivity index (χ4n) is 2.67. The molecule has 0 amide bonds. The second kappa shape index (κ2) is 4.55. The van der Waals surface area contributed by atoms with E-state index in [-0.39, 0.29) is 0 Å². The highest BCUT2D eigenvalue weighted by Gasteiger charge is 2.16. The number of aromatic amines is 1. The van der Waals surface area contributed by atoms with E-state index in [1.807, 2.05) is 17.8 Å². The number of aromatic nitrogens is 3. The quantitative estimate of drug-likeness (QED) is 0.754. The summed E-state index contributed by atoms with van der Waals surface area (Å²) in [7, 11) is 1.95. The molecule has 3 N–H and O–H groups in total. The maximum atomic E-state index is 5.70. The van der Waals surface area contributed by atoms with Gasteiger partial charge in [-0.3, -0.25) is 4.68 Å². The van der Waals surface area contributed by atoms with Crippen LogP contribution < -0.4 is 5.73 Å². The summed E-state index contributed by atoms with van der Waals surface area (Å²) in [6.07, 6.45) is 2.91. The lowest BCUT2D eigenvalue weighted by Crippen LogP contribution is -2.03. The molecule has 0 atom stereocenters. The molecule has 4 nitrogen and oxygen atoms in total. The first-order valence-corrected chi connectivity index (χ1v) is 6.51. The number of nitrogens with one attached hydrogen (secondary N) is 1. The summed E-state index contributed by atoms with van der Waals surface area (Å²) in [5.41, 5.74) is 11.4. The van der Waals surface area contributed by atoms with Gasteiger partial charge >= 0.3 is 0 Å². The first kappa shape index (κ1) is 12.0. The SMILES string of the molecule is Cc1[nH]c2ccccc2c1-c1nn(C)cc1CCN. The van der Waals surface area contributed by atoms with Gasteiger partial charge in [-0.2, -0.15) is 5.10 Å². The third-order valence-electron chi connectivity index (χ3n) is 3.45. The summed E-state index contributed by atoms with van der Waals surface area (Å²) in [6.45, 7) is 2.73. The molecule has 3 rings (SSSR count). The van der Waals surface area contributed by atoms with Crippen LogP contribution in [0.15, 0.2) is 30.5 Å². The fourth-order valence-corrected chi connectivity index (χ4v) is 2.67. The van der Waals surface area contributed by atoms with Crippen LogP contribution in [-0.2, 0) is 13.5 Å². The maximum Gasteiger partial charge on any atom is 0.0979 e. The van der Waals surface area contributed by atoms with Gasteiger partial charge in [0.1, 0.15) is 0 Å². The Balaban J connectivity index is 2.26. The number of hydrogen-bond acceptors (Lipinski definition) is 2. The Hall–Kier alpha value is -2.07. The van der Waals surface area contributed by atoms with Crippen molar-refractivity contribution < 1.29 is 0 Å². The predicted molar refractivity (Wildman–Crippen MR) is 78.0 cm³/mol. The lowest BCUT2D eigenvalue weighted by Gasteiger charge is -2.01. The molecule has 0 spiro atoms. The summed E-state index contributed by atoms with van der Waals surface area (Å²) in [4.78, 5) is 3.42. The van der Waals surface area contributed by atoms with Crippen molar-refractivity contribution in [2.75, 3.05) is 6.54 Å². The van der Waals surface area contributed by atoms with Crippen LogP contribution in [0, 0.1) is 6.92 Å². The van der Waals surface area contributed by atoms with Crippen molar-refractivity contribution in [3.05, 3.63) is 41.7 Å². The van der Waals surface area contributed by atoms with E-state index in [0.717, 1.165) is 23.3 Å². The number of para-hydroxylation sites is 1. The number of nitrogens with two attached hydrogens (primary N) is 1. The molecule has 0 saturated carbocycles. The minimum Gasteiger partial charge on any atom is -0.358 e.